The van der Waals surface area contributed by atoms with Gasteiger partial charge in [0.15, 0.2) is 0 Å². The maximum absolute atomic E-state index is 6.04. The van der Waals surface area contributed by atoms with Gasteiger partial charge in [-0.3, -0.25) is 0 Å². The summed E-state index contributed by atoms with van der Waals surface area (Å²) in [5.74, 6) is 0. The fourth-order valence-corrected chi connectivity index (χ4v) is 2.52. The van der Waals surface area contributed by atoms with Crippen molar-refractivity contribution in [2.24, 2.45) is 0 Å². The fourth-order valence-electron chi connectivity index (χ4n) is 2.33. The zero-order valence-electron chi connectivity index (χ0n) is 11.8. The van der Waals surface area contributed by atoms with Crippen LogP contribution in [-0.2, 0) is 6.42 Å². The number of nitrogens with one attached hydrogen (secondary N) is 1. The van der Waals surface area contributed by atoms with Crippen LogP contribution in [0, 0.1) is 0 Å². The van der Waals surface area contributed by atoms with Crippen molar-refractivity contribution >= 4 is 11.6 Å². The summed E-state index contributed by atoms with van der Waals surface area (Å²) in [6.45, 7) is 5.52. The Balaban J connectivity index is 2.02. The molecule has 1 atom stereocenters. The van der Waals surface area contributed by atoms with Crippen LogP contribution >= 0.6 is 11.6 Å². The number of aryl methyl sites for hydroxylation is 1. The number of benzene rings is 1. The van der Waals surface area contributed by atoms with Gasteiger partial charge in [0.1, 0.15) is 0 Å². The van der Waals surface area contributed by atoms with Gasteiger partial charge in [-0.05, 0) is 64.0 Å². The Bertz CT molecular complexity index is 427. The highest BCUT2D eigenvalue weighted by molar-refractivity contribution is 6.30. The van der Waals surface area contributed by atoms with E-state index < -0.39 is 0 Å². The molecule has 0 bridgehead atoms. The van der Waals surface area contributed by atoms with E-state index in [0.29, 0.717) is 6.04 Å². The number of rotatable bonds is 4. The van der Waals surface area contributed by atoms with Crippen LogP contribution in [0.15, 0.2) is 18.2 Å². The van der Waals surface area contributed by atoms with Crippen LogP contribution in [0.4, 0.5) is 0 Å². The molecule has 0 amide bonds. The zero-order chi connectivity index (χ0) is 13.3. The number of hydrogen-bond donors (Lipinski definition) is 1. The van der Waals surface area contributed by atoms with Crippen LogP contribution in [0.25, 0.3) is 0 Å². The van der Waals surface area contributed by atoms with Gasteiger partial charge in [-0.2, -0.15) is 0 Å². The summed E-state index contributed by atoms with van der Waals surface area (Å²) < 4.78 is 0. The van der Waals surface area contributed by atoms with E-state index in [-0.39, 0.29) is 5.54 Å². The van der Waals surface area contributed by atoms with Crippen LogP contribution in [0.1, 0.15) is 37.4 Å². The summed E-state index contributed by atoms with van der Waals surface area (Å²) in [6, 6.07) is 6.76. The molecule has 0 radical (unpaired) electrons. The van der Waals surface area contributed by atoms with E-state index >= 15 is 0 Å². The van der Waals surface area contributed by atoms with Crippen LogP contribution in [0.3, 0.4) is 0 Å². The molecule has 2 rings (SSSR count). The van der Waals surface area contributed by atoms with Crippen LogP contribution in [0.5, 0.6) is 0 Å². The number of nitrogens with zero attached hydrogens (tertiary/aromatic N) is 1. The summed E-state index contributed by atoms with van der Waals surface area (Å²) >= 11 is 6.04. The second-order valence-corrected chi connectivity index (χ2v) is 6.46. The van der Waals surface area contributed by atoms with Gasteiger partial charge in [0.05, 0.1) is 0 Å². The normalized spacial score (nSPS) is 19.3. The average molecular weight is 267 g/mol. The maximum Gasteiger partial charge on any atom is 0.0408 e. The van der Waals surface area contributed by atoms with Crippen molar-refractivity contribution in [1.29, 1.82) is 0 Å². The Kier molecular flexibility index (Phi) is 4.00. The van der Waals surface area contributed by atoms with Gasteiger partial charge >= 0.3 is 0 Å². The molecule has 0 aromatic heterocycles. The highest BCUT2D eigenvalue weighted by atomic mass is 35.5. The van der Waals surface area contributed by atoms with Gasteiger partial charge in [0, 0.05) is 23.1 Å². The third kappa shape index (κ3) is 2.87. The number of fused-ring (bicyclic) bond motifs is 1. The minimum atomic E-state index is 0.176. The molecule has 18 heavy (non-hydrogen) atoms. The van der Waals surface area contributed by atoms with Crippen molar-refractivity contribution in [3.63, 3.8) is 0 Å². The summed E-state index contributed by atoms with van der Waals surface area (Å²) in [7, 11) is 4.26. The van der Waals surface area contributed by atoms with Crippen LogP contribution < -0.4 is 5.32 Å². The predicted molar refractivity (Wildman–Crippen MR) is 78.3 cm³/mol. The van der Waals surface area contributed by atoms with Gasteiger partial charge in [-0.15, -0.1) is 0 Å². The Morgan fingerprint density at radius 1 is 1.39 bits per heavy atom. The molecule has 100 valence electrons. The zero-order valence-corrected chi connectivity index (χ0v) is 12.5. The molecule has 1 unspecified atom stereocenters. The molecule has 0 fully saturated rings. The molecule has 0 saturated heterocycles. The summed E-state index contributed by atoms with van der Waals surface area (Å²) in [5, 5.41) is 4.54. The van der Waals surface area contributed by atoms with Crippen molar-refractivity contribution < 1.29 is 0 Å². The number of hydrogen-bond acceptors (Lipinski definition) is 2. The second-order valence-electron chi connectivity index (χ2n) is 6.02. The molecular weight excluding hydrogens is 244 g/mol. The lowest BCUT2D eigenvalue weighted by atomic mass is 10.0. The Morgan fingerprint density at radius 3 is 2.78 bits per heavy atom. The lowest BCUT2D eigenvalue weighted by molar-refractivity contribution is 0.184. The Labute approximate surface area is 115 Å². The van der Waals surface area contributed by atoms with E-state index in [1.165, 1.54) is 17.5 Å². The van der Waals surface area contributed by atoms with Gasteiger partial charge in [0.25, 0.3) is 0 Å². The van der Waals surface area contributed by atoms with Crippen LogP contribution in [0.2, 0.25) is 5.02 Å². The minimum Gasteiger partial charge on any atom is -0.308 e. The van der Waals surface area contributed by atoms with E-state index in [0.717, 1.165) is 18.0 Å². The van der Waals surface area contributed by atoms with Gasteiger partial charge in [-0.25, -0.2) is 0 Å². The summed E-state index contributed by atoms with van der Waals surface area (Å²) in [5.41, 5.74) is 3.01. The van der Waals surface area contributed by atoms with Crippen molar-refractivity contribution in [2.45, 2.75) is 38.3 Å². The van der Waals surface area contributed by atoms with Crippen molar-refractivity contribution in [2.75, 3.05) is 20.6 Å². The molecule has 0 spiro atoms. The van der Waals surface area contributed by atoms with Crippen LogP contribution in [-0.4, -0.2) is 31.1 Å². The predicted octanol–water partition coefficient (Wildman–Crippen LogP) is 3.26. The lowest BCUT2D eigenvalue weighted by Gasteiger charge is -2.34. The molecule has 1 aliphatic carbocycles. The van der Waals surface area contributed by atoms with Crippen molar-refractivity contribution in [3.8, 4) is 0 Å². The summed E-state index contributed by atoms with van der Waals surface area (Å²) in [6.07, 6.45) is 2.31. The quantitative estimate of drug-likeness (QED) is 0.900. The third-order valence-corrected chi connectivity index (χ3v) is 4.41. The molecule has 1 aromatic carbocycles. The molecule has 0 aliphatic heterocycles. The molecule has 1 aromatic rings. The lowest BCUT2D eigenvalue weighted by Crippen LogP contribution is -2.47. The first-order chi connectivity index (χ1) is 8.40. The highest BCUT2D eigenvalue weighted by Crippen LogP contribution is 2.33. The SMILES string of the molecule is CN(C)C(C)(C)CNC1CCc2cc(Cl)ccc21. The number of likely N-dealkylation sites (N-methyl/N-ethyl adjacent to an activating group) is 1. The molecule has 0 saturated carbocycles. The topological polar surface area (TPSA) is 15.3 Å². The molecule has 3 heteroatoms. The highest BCUT2D eigenvalue weighted by Gasteiger charge is 2.26. The second kappa shape index (κ2) is 5.20. The molecule has 0 heterocycles. The smallest absolute Gasteiger partial charge is 0.0408 e. The third-order valence-electron chi connectivity index (χ3n) is 4.17. The summed E-state index contributed by atoms with van der Waals surface area (Å²) in [4.78, 5) is 2.26. The minimum absolute atomic E-state index is 0.176. The largest absolute Gasteiger partial charge is 0.308 e. The molecular formula is C15H23ClN2. The molecule has 2 nitrogen and oxygen atoms in total. The first-order valence-electron chi connectivity index (χ1n) is 6.59. The molecule has 1 aliphatic rings. The van der Waals surface area contributed by atoms with Gasteiger partial charge < -0.3 is 10.2 Å². The van der Waals surface area contributed by atoms with Crippen molar-refractivity contribution in [3.05, 3.63) is 34.3 Å². The van der Waals surface area contributed by atoms with E-state index in [1.54, 1.807) is 0 Å². The van der Waals surface area contributed by atoms with E-state index in [2.05, 4.69) is 50.3 Å². The number of halogens is 1. The monoisotopic (exact) mass is 266 g/mol. The average Bonchev–Trinajstić information content (AvgIpc) is 2.68. The Morgan fingerprint density at radius 2 is 2.11 bits per heavy atom. The van der Waals surface area contributed by atoms with E-state index in [1.807, 2.05) is 6.07 Å². The standard InChI is InChI=1S/C15H23ClN2/c1-15(2,18(3)4)10-17-14-8-5-11-9-12(16)6-7-13(11)14/h6-7,9,14,17H,5,8,10H2,1-4H3. The Hall–Kier alpha value is -0.570. The first kappa shape index (κ1) is 13.9. The molecule has 1 N–H and O–H groups in total. The van der Waals surface area contributed by atoms with E-state index in [4.69, 9.17) is 11.6 Å². The van der Waals surface area contributed by atoms with Gasteiger partial charge in [-0.1, -0.05) is 17.7 Å². The first-order valence-corrected chi connectivity index (χ1v) is 6.97. The van der Waals surface area contributed by atoms with E-state index in [9.17, 15) is 0 Å². The van der Waals surface area contributed by atoms with Gasteiger partial charge in [0.2, 0.25) is 0 Å². The maximum atomic E-state index is 6.04. The van der Waals surface area contributed by atoms with Crippen molar-refractivity contribution in [1.82, 2.24) is 10.2 Å². The fraction of sp³-hybridized carbons (Fsp3) is 0.600.